The van der Waals surface area contributed by atoms with Gasteiger partial charge in [-0.2, -0.15) is 0 Å². The largest absolute Gasteiger partial charge is 0.481 e. The van der Waals surface area contributed by atoms with E-state index in [1.165, 1.54) is 5.56 Å². The SMILES string of the molecule is Cc1ccsc1CNC(=O)NC[C@H](CC(=O)O)CC(C)C. The summed E-state index contributed by atoms with van der Waals surface area (Å²) in [6.45, 7) is 7.00. The van der Waals surface area contributed by atoms with E-state index in [-0.39, 0.29) is 18.4 Å². The maximum Gasteiger partial charge on any atom is 0.315 e. The molecule has 5 nitrogen and oxygen atoms in total. The van der Waals surface area contributed by atoms with Crippen LogP contribution in [-0.4, -0.2) is 23.7 Å². The Morgan fingerprint density at radius 1 is 1.33 bits per heavy atom. The van der Waals surface area contributed by atoms with Crippen LogP contribution in [0.5, 0.6) is 0 Å². The predicted molar refractivity (Wildman–Crippen MR) is 84.5 cm³/mol. The molecule has 1 rings (SSSR count). The lowest BCUT2D eigenvalue weighted by atomic mass is 9.94. The summed E-state index contributed by atoms with van der Waals surface area (Å²) in [4.78, 5) is 23.7. The van der Waals surface area contributed by atoms with Gasteiger partial charge in [0, 0.05) is 17.8 Å². The van der Waals surface area contributed by atoms with Crippen molar-refractivity contribution in [2.75, 3.05) is 6.54 Å². The smallest absolute Gasteiger partial charge is 0.315 e. The minimum absolute atomic E-state index is 0.0308. The van der Waals surface area contributed by atoms with Gasteiger partial charge in [0.15, 0.2) is 0 Å². The number of aryl methyl sites for hydroxylation is 1. The first-order valence-corrected chi connectivity index (χ1v) is 8.03. The third-order valence-corrected chi connectivity index (χ3v) is 4.22. The molecule has 21 heavy (non-hydrogen) atoms. The predicted octanol–water partition coefficient (Wildman–Crippen LogP) is 2.99. The van der Waals surface area contributed by atoms with Gasteiger partial charge in [-0.05, 0) is 42.2 Å². The standard InChI is InChI=1S/C15H24N2O3S/c1-10(2)6-12(7-14(18)19)8-16-15(20)17-9-13-11(3)4-5-21-13/h4-5,10,12H,6-9H2,1-3H3,(H,18,19)(H2,16,17,20)/t12-/m0/s1. The third-order valence-electron chi connectivity index (χ3n) is 3.20. The molecule has 0 aliphatic heterocycles. The van der Waals surface area contributed by atoms with Gasteiger partial charge in [0.1, 0.15) is 0 Å². The summed E-state index contributed by atoms with van der Waals surface area (Å²) >= 11 is 1.61. The van der Waals surface area contributed by atoms with E-state index in [9.17, 15) is 9.59 Å². The van der Waals surface area contributed by atoms with Crippen molar-refractivity contribution in [2.45, 2.75) is 40.2 Å². The van der Waals surface area contributed by atoms with Crippen LogP contribution in [0.3, 0.4) is 0 Å². The number of aliphatic carboxylic acids is 1. The van der Waals surface area contributed by atoms with E-state index < -0.39 is 5.97 Å². The van der Waals surface area contributed by atoms with E-state index in [4.69, 9.17) is 5.11 Å². The highest BCUT2D eigenvalue weighted by molar-refractivity contribution is 7.10. The fourth-order valence-corrected chi connectivity index (χ4v) is 3.04. The first-order chi connectivity index (χ1) is 9.88. The van der Waals surface area contributed by atoms with Crippen LogP contribution in [0.2, 0.25) is 0 Å². The zero-order chi connectivity index (χ0) is 15.8. The Hall–Kier alpha value is -1.56. The summed E-state index contributed by atoms with van der Waals surface area (Å²) in [5.74, 6) is -0.443. The van der Waals surface area contributed by atoms with E-state index in [2.05, 4.69) is 24.5 Å². The summed E-state index contributed by atoms with van der Waals surface area (Å²) in [6, 6.07) is 1.77. The van der Waals surface area contributed by atoms with Crippen LogP contribution in [-0.2, 0) is 11.3 Å². The second-order valence-electron chi connectivity index (χ2n) is 5.68. The molecule has 0 unspecified atom stereocenters. The number of amides is 2. The quantitative estimate of drug-likeness (QED) is 0.690. The van der Waals surface area contributed by atoms with Gasteiger partial charge in [-0.15, -0.1) is 11.3 Å². The van der Waals surface area contributed by atoms with E-state index in [0.717, 1.165) is 11.3 Å². The molecule has 6 heteroatoms. The Kier molecular flexibility index (Phi) is 7.22. The Morgan fingerprint density at radius 2 is 2.05 bits per heavy atom. The van der Waals surface area contributed by atoms with Gasteiger partial charge < -0.3 is 15.7 Å². The molecular formula is C15H24N2O3S. The fraction of sp³-hybridized carbons (Fsp3) is 0.600. The summed E-state index contributed by atoms with van der Waals surface area (Å²) in [7, 11) is 0. The lowest BCUT2D eigenvalue weighted by Gasteiger charge is -2.18. The van der Waals surface area contributed by atoms with Gasteiger partial charge in [-0.3, -0.25) is 4.79 Å². The van der Waals surface area contributed by atoms with Crippen molar-refractivity contribution in [3.63, 3.8) is 0 Å². The highest BCUT2D eigenvalue weighted by Crippen LogP contribution is 2.15. The number of rotatable bonds is 8. The minimum atomic E-state index is -0.822. The monoisotopic (exact) mass is 312 g/mol. The number of thiophene rings is 1. The molecular weight excluding hydrogens is 288 g/mol. The minimum Gasteiger partial charge on any atom is -0.481 e. The van der Waals surface area contributed by atoms with Crippen molar-refractivity contribution in [1.82, 2.24) is 10.6 Å². The zero-order valence-electron chi connectivity index (χ0n) is 12.8. The van der Waals surface area contributed by atoms with Crippen LogP contribution < -0.4 is 10.6 Å². The number of carboxylic acids is 1. The van der Waals surface area contributed by atoms with Crippen molar-refractivity contribution >= 4 is 23.3 Å². The molecule has 0 fully saturated rings. The van der Waals surface area contributed by atoms with Crippen LogP contribution in [0.25, 0.3) is 0 Å². The average molecular weight is 312 g/mol. The molecule has 1 atom stereocenters. The highest BCUT2D eigenvalue weighted by atomic mass is 32.1. The molecule has 1 aromatic rings. The van der Waals surface area contributed by atoms with E-state index in [1.54, 1.807) is 11.3 Å². The van der Waals surface area contributed by atoms with Gasteiger partial charge in [0.05, 0.1) is 6.54 Å². The number of nitrogens with one attached hydrogen (secondary N) is 2. The van der Waals surface area contributed by atoms with Gasteiger partial charge in [-0.1, -0.05) is 13.8 Å². The molecule has 1 aromatic heterocycles. The molecule has 118 valence electrons. The Labute approximate surface area is 129 Å². The third kappa shape index (κ3) is 7.13. The molecule has 0 radical (unpaired) electrons. The molecule has 0 aromatic carbocycles. The Bertz CT molecular complexity index is 471. The average Bonchev–Trinajstić information content (AvgIpc) is 2.77. The summed E-state index contributed by atoms with van der Waals surface area (Å²) in [5, 5.41) is 16.5. The summed E-state index contributed by atoms with van der Waals surface area (Å²) in [6.07, 6.45) is 0.874. The van der Waals surface area contributed by atoms with Gasteiger partial charge in [0.2, 0.25) is 0 Å². The second-order valence-corrected chi connectivity index (χ2v) is 6.68. The molecule has 2 amide bonds. The fourth-order valence-electron chi connectivity index (χ4n) is 2.20. The number of urea groups is 1. The van der Waals surface area contributed by atoms with Crippen LogP contribution in [0.15, 0.2) is 11.4 Å². The van der Waals surface area contributed by atoms with Crippen LogP contribution in [0.4, 0.5) is 4.79 Å². The Morgan fingerprint density at radius 3 is 2.57 bits per heavy atom. The molecule has 0 saturated carbocycles. The first kappa shape index (κ1) is 17.5. The summed E-state index contributed by atoms with van der Waals surface area (Å²) in [5.41, 5.74) is 1.17. The van der Waals surface area contributed by atoms with Crippen molar-refractivity contribution in [1.29, 1.82) is 0 Å². The molecule has 0 bridgehead atoms. The van der Waals surface area contributed by atoms with Gasteiger partial charge in [0.25, 0.3) is 0 Å². The van der Waals surface area contributed by atoms with Gasteiger partial charge >= 0.3 is 12.0 Å². The first-order valence-electron chi connectivity index (χ1n) is 7.15. The highest BCUT2D eigenvalue weighted by Gasteiger charge is 2.16. The van der Waals surface area contributed by atoms with Crippen molar-refractivity contribution in [3.05, 3.63) is 21.9 Å². The lowest BCUT2D eigenvalue weighted by molar-refractivity contribution is -0.138. The van der Waals surface area contributed by atoms with Crippen LogP contribution >= 0.6 is 11.3 Å². The zero-order valence-corrected chi connectivity index (χ0v) is 13.6. The van der Waals surface area contributed by atoms with Crippen molar-refractivity contribution in [3.8, 4) is 0 Å². The van der Waals surface area contributed by atoms with Crippen molar-refractivity contribution in [2.24, 2.45) is 11.8 Å². The van der Waals surface area contributed by atoms with E-state index in [1.807, 2.05) is 18.4 Å². The molecule has 3 N–H and O–H groups in total. The molecule has 0 aliphatic rings. The Balaban J connectivity index is 2.35. The number of hydrogen-bond acceptors (Lipinski definition) is 3. The molecule has 0 saturated heterocycles. The van der Waals surface area contributed by atoms with E-state index >= 15 is 0 Å². The number of carbonyl (C=O) groups is 2. The second kappa shape index (κ2) is 8.67. The lowest BCUT2D eigenvalue weighted by Crippen LogP contribution is -2.38. The molecule has 1 heterocycles. The van der Waals surface area contributed by atoms with Crippen LogP contribution in [0.1, 0.15) is 37.1 Å². The topological polar surface area (TPSA) is 78.4 Å². The normalized spacial score (nSPS) is 12.2. The summed E-state index contributed by atoms with van der Waals surface area (Å²) < 4.78 is 0. The van der Waals surface area contributed by atoms with E-state index in [0.29, 0.717) is 19.0 Å². The number of hydrogen-bond donors (Lipinski definition) is 3. The number of carbonyl (C=O) groups excluding carboxylic acids is 1. The van der Waals surface area contributed by atoms with Crippen molar-refractivity contribution < 1.29 is 14.7 Å². The maximum atomic E-state index is 11.8. The number of carboxylic acid groups (broad SMARTS) is 1. The maximum absolute atomic E-state index is 11.8. The molecule has 0 aliphatic carbocycles. The van der Waals surface area contributed by atoms with Crippen LogP contribution in [0, 0.1) is 18.8 Å². The van der Waals surface area contributed by atoms with Gasteiger partial charge in [-0.25, -0.2) is 4.79 Å². The molecule has 0 spiro atoms.